The molecule has 1 aromatic heterocycles. The second kappa shape index (κ2) is 12.8. The first kappa shape index (κ1) is 29.2. The number of nitrogens with zero attached hydrogens (tertiary/aromatic N) is 1. The normalized spacial score (nSPS) is 17.4. The summed E-state index contributed by atoms with van der Waals surface area (Å²) in [4.78, 5) is 21.8. The van der Waals surface area contributed by atoms with Gasteiger partial charge in [0.15, 0.2) is 6.29 Å². The van der Waals surface area contributed by atoms with Crippen molar-refractivity contribution in [3.63, 3.8) is 0 Å². The molecule has 3 aromatic carbocycles. The minimum Gasteiger partial charge on any atom is -0.369 e. The van der Waals surface area contributed by atoms with Crippen molar-refractivity contribution < 1.29 is 19.1 Å². The van der Waals surface area contributed by atoms with Gasteiger partial charge in [0.2, 0.25) is 0 Å². The average molecular weight is 606 g/mol. The number of carbonyl (C=O) groups is 1. The predicted molar refractivity (Wildman–Crippen MR) is 178 cm³/mol. The van der Waals surface area contributed by atoms with Gasteiger partial charge in [-0.15, -0.1) is 11.3 Å². The van der Waals surface area contributed by atoms with Crippen LogP contribution in [0, 0.1) is 0 Å². The number of anilines is 1. The maximum atomic E-state index is 13.2. The standard InChI is InChI=1S/C38H39NO4S/c1-25(2)42-24-37(40)39(43-38-12-5-6-21-41-38)30-10-7-9-28(23-30)35-19-20-36(44-35)29-15-16-32-27(22-29)14-18-33-31-11-4-3-8-26(31)13-17-34(32)33/h3-4,7-11,14,18-20,22-23,25,38H,5-6,12-13,15-17,21,24H2,1-2H3. The van der Waals surface area contributed by atoms with Crippen LogP contribution >= 0.6 is 11.3 Å². The van der Waals surface area contributed by atoms with Gasteiger partial charge in [-0.3, -0.25) is 4.79 Å². The Kier molecular flexibility index (Phi) is 8.50. The first-order valence-electron chi connectivity index (χ1n) is 15.9. The van der Waals surface area contributed by atoms with Gasteiger partial charge in [0.1, 0.15) is 6.61 Å². The molecule has 1 saturated heterocycles. The molecule has 0 saturated carbocycles. The zero-order chi connectivity index (χ0) is 30.0. The monoisotopic (exact) mass is 605 g/mol. The van der Waals surface area contributed by atoms with Gasteiger partial charge in [-0.1, -0.05) is 54.6 Å². The SMILES string of the molecule is CC(C)OCC(=O)N(OC1CCCCO1)c1cccc(-c2ccc(C3=Cc4ccc5c(c4CC3)CCc3ccccc3-5)s2)c1. The first-order valence-corrected chi connectivity index (χ1v) is 16.7. The number of ether oxygens (including phenoxy) is 2. The lowest BCUT2D eigenvalue weighted by atomic mass is 9.78. The van der Waals surface area contributed by atoms with E-state index < -0.39 is 6.29 Å². The Morgan fingerprint density at radius 3 is 2.64 bits per heavy atom. The molecule has 5 nitrogen and oxygen atoms in total. The van der Waals surface area contributed by atoms with Crippen molar-refractivity contribution in [3.8, 4) is 21.6 Å². The van der Waals surface area contributed by atoms with Crippen LogP contribution in [0.25, 0.3) is 33.2 Å². The highest BCUT2D eigenvalue weighted by atomic mass is 32.1. The van der Waals surface area contributed by atoms with Crippen molar-refractivity contribution in [1.82, 2.24) is 0 Å². The number of amides is 1. The second-order valence-corrected chi connectivity index (χ2v) is 13.2. The van der Waals surface area contributed by atoms with Crippen molar-refractivity contribution >= 4 is 34.6 Å². The molecule has 2 heterocycles. The Hall–Kier alpha value is -3.55. The van der Waals surface area contributed by atoms with Gasteiger partial charge in [-0.2, -0.15) is 5.06 Å². The van der Waals surface area contributed by atoms with Crippen LogP contribution in [0.5, 0.6) is 0 Å². The number of carbonyl (C=O) groups excluding carboxylic acids is 1. The van der Waals surface area contributed by atoms with E-state index in [0.717, 1.165) is 55.4 Å². The van der Waals surface area contributed by atoms with Crippen molar-refractivity contribution in [2.45, 2.75) is 71.2 Å². The Morgan fingerprint density at radius 2 is 1.77 bits per heavy atom. The molecule has 0 spiro atoms. The summed E-state index contributed by atoms with van der Waals surface area (Å²) in [6.45, 7) is 4.43. The zero-order valence-corrected chi connectivity index (χ0v) is 26.3. The molecular weight excluding hydrogens is 566 g/mol. The van der Waals surface area contributed by atoms with E-state index in [1.165, 1.54) is 43.3 Å². The maximum Gasteiger partial charge on any atom is 0.276 e. The largest absolute Gasteiger partial charge is 0.369 e. The Morgan fingerprint density at radius 1 is 0.909 bits per heavy atom. The maximum absolute atomic E-state index is 13.2. The lowest BCUT2D eigenvalue weighted by molar-refractivity contribution is -0.179. The predicted octanol–water partition coefficient (Wildman–Crippen LogP) is 8.88. The molecule has 6 heteroatoms. The topological polar surface area (TPSA) is 48.0 Å². The molecule has 1 atom stereocenters. The molecule has 44 heavy (non-hydrogen) atoms. The summed E-state index contributed by atoms with van der Waals surface area (Å²) in [5, 5.41) is 1.37. The molecular formula is C38H39NO4S. The van der Waals surface area contributed by atoms with Gasteiger partial charge in [0.05, 0.1) is 11.8 Å². The van der Waals surface area contributed by atoms with E-state index in [-0.39, 0.29) is 18.6 Å². The molecule has 1 fully saturated rings. The number of hydrogen-bond acceptors (Lipinski definition) is 5. The molecule has 226 valence electrons. The van der Waals surface area contributed by atoms with E-state index in [1.54, 1.807) is 16.9 Å². The zero-order valence-electron chi connectivity index (χ0n) is 25.5. The molecule has 0 radical (unpaired) electrons. The van der Waals surface area contributed by atoms with Crippen LogP contribution in [-0.2, 0) is 38.4 Å². The highest BCUT2D eigenvalue weighted by Gasteiger charge is 2.26. The minimum atomic E-state index is -0.440. The fraction of sp³-hybridized carbons (Fsp3) is 0.342. The Labute approximate surface area is 264 Å². The van der Waals surface area contributed by atoms with E-state index >= 15 is 0 Å². The highest BCUT2D eigenvalue weighted by molar-refractivity contribution is 7.16. The third kappa shape index (κ3) is 6.04. The van der Waals surface area contributed by atoms with Crippen molar-refractivity contribution in [2.24, 2.45) is 0 Å². The fourth-order valence-corrected chi connectivity index (χ4v) is 7.62. The van der Waals surface area contributed by atoms with Crippen LogP contribution in [0.4, 0.5) is 5.69 Å². The van der Waals surface area contributed by atoms with E-state index in [4.69, 9.17) is 14.3 Å². The minimum absolute atomic E-state index is 0.0502. The second-order valence-electron chi connectivity index (χ2n) is 12.1. The molecule has 7 rings (SSSR count). The molecule has 1 unspecified atom stereocenters. The van der Waals surface area contributed by atoms with Crippen molar-refractivity contribution in [1.29, 1.82) is 0 Å². The van der Waals surface area contributed by atoms with Crippen molar-refractivity contribution in [3.05, 3.63) is 99.9 Å². The highest BCUT2D eigenvalue weighted by Crippen LogP contribution is 2.42. The van der Waals surface area contributed by atoms with Gasteiger partial charge >= 0.3 is 0 Å². The Balaban J connectivity index is 1.14. The van der Waals surface area contributed by atoms with Crippen LogP contribution in [-0.4, -0.2) is 31.5 Å². The van der Waals surface area contributed by atoms with Gasteiger partial charge in [-0.25, -0.2) is 4.84 Å². The van der Waals surface area contributed by atoms with Gasteiger partial charge in [0.25, 0.3) is 5.91 Å². The molecule has 0 bridgehead atoms. The lowest BCUT2D eigenvalue weighted by Crippen LogP contribution is -2.40. The summed E-state index contributed by atoms with van der Waals surface area (Å²) in [5.41, 5.74) is 11.8. The number of hydroxylamine groups is 1. The van der Waals surface area contributed by atoms with Gasteiger partial charge in [-0.05, 0) is 121 Å². The third-order valence-corrected chi connectivity index (χ3v) is 10.0. The third-order valence-electron chi connectivity index (χ3n) is 8.81. The van der Waals surface area contributed by atoms with Crippen LogP contribution in [0.3, 0.4) is 0 Å². The van der Waals surface area contributed by atoms with Crippen LogP contribution in [0.15, 0.2) is 72.8 Å². The fourth-order valence-electron chi connectivity index (χ4n) is 6.58. The van der Waals surface area contributed by atoms with Crippen LogP contribution in [0.1, 0.15) is 66.7 Å². The number of fused-ring (bicyclic) bond motifs is 5. The average Bonchev–Trinajstić information content (AvgIpc) is 3.57. The van der Waals surface area contributed by atoms with Gasteiger partial charge < -0.3 is 9.47 Å². The van der Waals surface area contributed by atoms with E-state index in [2.05, 4.69) is 60.7 Å². The quantitative estimate of drug-likeness (QED) is 0.188. The lowest BCUT2D eigenvalue weighted by Gasteiger charge is -2.29. The van der Waals surface area contributed by atoms with Gasteiger partial charge in [0, 0.05) is 22.8 Å². The molecule has 1 amide bonds. The number of aryl methyl sites for hydroxylation is 1. The number of hydrogen-bond donors (Lipinski definition) is 0. The number of allylic oxidation sites excluding steroid dienone is 1. The van der Waals surface area contributed by atoms with Crippen LogP contribution < -0.4 is 5.06 Å². The summed E-state index contributed by atoms with van der Waals surface area (Å²) in [6.07, 6.45) is 9.06. The van der Waals surface area contributed by atoms with Crippen LogP contribution in [0.2, 0.25) is 0 Å². The molecule has 1 aliphatic heterocycles. The summed E-state index contributed by atoms with van der Waals surface area (Å²) >= 11 is 1.80. The number of thiophene rings is 1. The molecule has 4 aromatic rings. The summed E-state index contributed by atoms with van der Waals surface area (Å²) in [5.74, 6) is -0.242. The van der Waals surface area contributed by atoms with Crippen molar-refractivity contribution in [2.75, 3.05) is 18.3 Å². The molecule has 2 aliphatic carbocycles. The number of rotatable bonds is 8. The summed E-state index contributed by atoms with van der Waals surface area (Å²) < 4.78 is 11.4. The first-order chi connectivity index (χ1) is 21.5. The van der Waals surface area contributed by atoms with E-state index in [0.29, 0.717) is 12.3 Å². The number of benzene rings is 3. The molecule has 3 aliphatic rings. The summed E-state index contributed by atoms with van der Waals surface area (Å²) in [7, 11) is 0. The molecule has 0 N–H and O–H groups in total. The Bertz CT molecular complexity index is 1700. The smallest absolute Gasteiger partial charge is 0.276 e. The van der Waals surface area contributed by atoms with E-state index in [9.17, 15) is 4.79 Å². The van der Waals surface area contributed by atoms with E-state index in [1.807, 2.05) is 32.0 Å². The summed E-state index contributed by atoms with van der Waals surface area (Å²) in [6, 6.07) is 26.0.